The van der Waals surface area contributed by atoms with Crippen LogP contribution in [0.4, 0.5) is 5.69 Å². The molecule has 0 aliphatic heterocycles. The van der Waals surface area contributed by atoms with Gasteiger partial charge in [-0.15, -0.1) is 0 Å². The predicted molar refractivity (Wildman–Crippen MR) is 106 cm³/mol. The summed E-state index contributed by atoms with van der Waals surface area (Å²) in [6.45, 7) is 8.61. The molecule has 0 aromatic heterocycles. The third kappa shape index (κ3) is 9.56. The van der Waals surface area contributed by atoms with Crippen LogP contribution in [0.2, 0.25) is 0 Å². The van der Waals surface area contributed by atoms with Gasteiger partial charge in [-0.25, -0.2) is 10.9 Å². The minimum Gasteiger partial charge on any atom is -0.385 e. The molecule has 0 fully saturated rings. The van der Waals surface area contributed by atoms with E-state index in [1.165, 1.54) is 0 Å². The fourth-order valence-electron chi connectivity index (χ4n) is 1.84. The zero-order chi connectivity index (χ0) is 19.4. The summed E-state index contributed by atoms with van der Waals surface area (Å²) in [7, 11) is 0. The third-order valence-corrected chi connectivity index (χ3v) is 3.16. The number of hydrogen-bond acceptors (Lipinski definition) is 5. The Labute approximate surface area is 155 Å². The topological polar surface area (TPSA) is 95.0 Å². The molecule has 0 heterocycles. The van der Waals surface area contributed by atoms with Gasteiger partial charge < -0.3 is 5.32 Å². The number of rotatable bonds is 10. The molecule has 0 saturated heterocycles. The van der Waals surface area contributed by atoms with Crippen molar-refractivity contribution >= 4 is 29.9 Å². The lowest BCUT2D eigenvalue weighted by molar-refractivity contribution is -0.121. The van der Waals surface area contributed by atoms with Crippen molar-refractivity contribution in [2.45, 2.75) is 40.5 Å². The normalized spacial score (nSPS) is 11.5. The number of nitrogens with zero attached hydrogens (tertiary/aromatic N) is 2. The van der Waals surface area contributed by atoms with E-state index in [4.69, 9.17) is 0 Å². The van der Waals surface area contributed by atoms with Gasteiger partial charge in [0, 0.05) is 36.6 Å². The van der Waals surface area contributed by atoms with Gasteiger partial charge in [0.25, 0.3) is 5.91 Å². The van der Waals surface area contributed by atoms with Gasteiger partial charge in [0.05, 0.1) is 0 Å². The molecule has 0 bridgehead atoms. The zero-order valence-electron chi connectivity index (χ0n) is 16.0. The van der Waals surface area contributed by atoms with E-state index in [9.17, 15) is 9.59 Å². The van der Waals surface area contributed by atoms with Crippen molar-refractivity contribution in [2.75, 3.05) is 11.9 Å². The molecular weight excluding hydrogens is 330 g/mol. The maximum absolute atomic E-state index is 11.9. The third-order valence-electron chi connectivity index (χ3n) is 3.16. The summed E-state index contributed by atoms with van der Waals surface area (Å²) in [5.74, 6) is 0.250. The highest BCUT2D eigenvalue weighted by Crippen LogP contribution is 2.09. The molecule has 3 N–H and O–H groups in total. The van der Waals surface area contributed by atoms with E-state index in [0.29, 0.717) is 30.9 Å². The standard InChI is InChI=1S/C19H29N5O2/c1-14(2)12-21-23-18(25)6-5-11-20-17-9-7-16(8-10-17)19(26)24-22-13-15(3)4/h7-10,12-15,20H,5-6,11H2,1-4H3,(H,23,25)(H,24,26)/b21-12+,22-13+. The lowest BCUT2D eigenvalue weighted by atomic mass is 10.2. The molecule has 0 spiro atoms. The van der Waals surface area contributed by atoms with Crippen LogP contribution in [0.25, 0.3) is 0 Å². The second kappa shape index (κ2) is 11.8. The molecule has 0 saturated carbocycles. The van der Waals surface area contributed by atoms with Crippen LogP contribution in [-0.4, -0.2) is 30.8 Å². The second-order valence-corrected chi connectivity index (χ2v) is 6.63. The van der Waals surface area contributed by atoms with Gasteiger partial charge >= 0.3 is 0 Å². The summed E-state index contributed by atoms with van der Waals surface area (Å²) in [4.78, 5) is 23.5. The van der Waals surface area contributed by atoms with E-state index in [1.54, 1.807) is 24.6 Å². The van der Waals surface area contributed by atoms with Crippen LogP contribution in [-0.2, 0) is 4.79 Å². The molecule has 7 heteroatoms. The van der Waals surface area contributed by atoms with Crippen molar-refractivity contribution in [2.24, 2.45) is 22.0 Å². The van der Waals surface area contributed by atoms with Gasteiger partial charge in [-0.05, 0) is 42.5 Å². The largest absolute Gasteiger partial charge is 0.385 e. The fourth-order valence-corrected chi connectivity index (χ4v) is 1.84. The first kappa shape index (κ1) is 21.3. The first-order valence-electron chi connectivity index (χ1n) is 8.88. The van der Waals surface area contributed by atoms with Crippen molar-refractivity contribution in [3.63, 3.8) is 0 Å². The molecular formula is C19H29N5O2. The predicted octanol–water partition coefficient (Wildman–Crippen LogP) is 3.01. The Kier molecular flexibility index (Phi) is 9.67. The number of anilines is 1. The molecule has 1 rings (SSSR count). The van der Waals surface area contributed by atoms with E-state index in [1.807, 2.05) is 39.8 Å². The molecule has 0 atom stereocenters. The van der Waals surface area contributed by atoms with Crippen LogP contribution >= 0.6 is 0 Å². The summed E-state index contributed by atoms with van der Waals surface area (Å²) in [6, 6.07) is 7.12. The Morgan fingerprint density at radius 2 is 1.54 bits per heavy atom. The van der Waals surface area contributed by atoms with Crippen LogP contribution in [0.5, 0.6) is 0 Å². The number of benzene rings is 1. The molecule has 142 valence electrons. The van der Waals surface area contributed by atoms with Gasteiger partial charge in [0.2, 0.25) is 5.91 Å². The average Bonchev–Trinajstić information content (AvgIpc) is 2.58. The first-order valence-corrected chi connectivity index (χ1v) is 8.88. The molecule has 1 aromatic carbocycles. The highest BCUT2D eigenvalue weighted by atomic mass is 16.2. The molecule has 0 unspecified atom stereocenters. The number of hydrazone groups is 2. The summed E-state index contributed by atoms with van der Waals surface area (Å²) in [5, 5.41) is 11.0. The van der Waals surface area contributed by atoms with Crippen molar-refractivity contribution in [1.82, 2.24) is 10.9 Å². The number of nitrogens with one attached hydrogen (secondary N) is 3. The lowest BCUT2D eigenvalue weighted by Crippen LogP contribution is -2.19. The van der Waals surface area contributed by atoms with E-state index >= 15 is 0 Å². The molecule has 2 amide bonds. The van der Waals surface area contributed by atoms with Crippen LogP contribution < -0.4 is 16.2 Å². The molecule has 0 aliphatic rings. The first-order chi connectivity index (χ1) is 12.4. The van der Waals surface area contributed by atoms with Crippen molar-refractivity contribution in [1.29, 1.82) is 0 Å². The van der Waals surface area contributed by atoms with Gasteiger partial charge in [-0.2, -0.15) is 10.2 Å². The number of carbonyl (C=O) groups is 2. The quantitative estimate of drug-likeness (QED) is 0.340. The van der Waals surface area contributed by atoms with Crippen molar-refractivity contribution in [3.05, 3.63) is 29.8 Å². The van der Waals surface area contributed by atoms with Crippen LogP contribution in [0.15, 0.2) is 34.5 Å². The maximum atomic E-state index is 11.9. The Morgan fingerprint density at radius 3 is 2.12 bits per heavy atom. The fraction of sp³-hybridized carbons (Fsp3) is 0.474. The van der Waals surface area contributed by atoms with E-state index in [2.05, 4.69) is 26.4 Å². The van der Waals surface area contributed by atoms with Gasteiger partial charge in [0.1, 0.15) is 0 Å². The van der Waals surface area contributed by atoms with Crippen LogP contribution in [0.3, 0.4) is 0 Å². The number of carbonyl (C=O) groups excluding carboxylic acids is 2. The summed E-state index contributed by atoms with van der Waals surface area (Å²) < 4.78 is 0. The van der Waals surface area contributed by atoms with Gasteiger partial charge in [-0.1, -0.05) is 27.7 Å². The van der Waals surface area contributed by atoms with Gasteiger partial charge in [-0.3, -0.25) is 9.59 Å². The lowest BCUT2D eigenvalue weighted by Gasteiger charge is -2.07. The Balaban J connectivity index is 2.30. The highest BCUT2D eigenvalue weighted by molar-refractivity contribution is 5.94. The maximum Gasteiger partial charge on any atom is 0.271 e. The van der Waals surface area contributed by atoms with Gasteiger partial charge in [0.15, 0.2) is 0 Å². The molecule has 0 radical (unpaired) electrons. The van der Waals surface area contributed by atoms with Crippen LogP contribution in [0.1, 0.15) is 50.9 Å². The monoisotopic (exact) mass is 359 g/mol. The Bertz CT molecular complexity index is 621. The summed E-state index contributed by atoms with van der Waals surface area (Å²) >= 11 is 0. The van der Waals surface area contributed by atoms with Crippen molar-refractivity contribution in [3.8, 4) is 0 Å². The Morgan fingerprint density at radius 1 is 0.962 bits per heavy atom. The average molecular weight is 359 g/mol. The minimum absolute atomic E-state index is 0.0994. The van der Waals surface area contributed by atoms with E-state index in [0.717, 1.165) is 5.69 Å². The minimum atomic E-state index is -0.243. The smallest absolute Gasteiger partial charge is 0.271 e. The SMILES string of the molecule is CC(C)/C=N/NC(=O)CCCNc1ccc(C(=O)N/N=C/C(C)C)cc1. The Hall–Kier alpha value is -2.70. The molecule has 26 heavy (non-hydrogen) atoms. The molecule has 0 aliphatic carbocycles. The summed E-state index contributed by atoms with van der Waals surface area (Å²) in [5.41, 5.74) is 6.43. The van der Waals surface area contributed by atoms with E-state index in [-0.39, 0.29) is 17.7 Å². The van der Waals surface area contributed by atoms with Crippen molar-refractivity contribution < 1.29 is 9.59 Å². The zero-order valence-corrected chi connectivity index (χ0v) is 16.0. The summed E-state index contributed by atoms with van der Waals surface area (Å²) in [6.07, 6.45) is 4.46. The number of amides is 2. The van der Waals surface area contributed by atoms with E-state index < -0.39 is 0 Å². The molecule has 7 nitrogen and oxygen atoms in total. The van der Waals surface area contributed by atoms with Crippen LogP contribution in [0, 0.1) is 11.8 Å². The molecule has 1 aromatic rings. The second-order valence-electron chi connectivity index (χ2n) is 6.63. The number of hydrogen-bond donors (Lipinski definition) is 3. The highest BCUT2D eigenvalue weighted by Gasteiger charge is 2.04.